The Kier molecular flexibility index (Phi) is 3.75. The van der Waals surface area contributed by atoms with E-state index in [1.165, 1.54) is 12.8 Å². The predicted octanol–water partition coefficient (Wildman–Crippen LogP) is 5.19. The Morgan fingerprint density at radius 2 is 2.11 bits per heavy atom. The van der Waals surface area contributed by atoms with Crippen molar-refractivity contribution in [1.82, 2.24) is 5.32 Å². The molecule has 1 fully saturated rings. The fourth-order valence-corrected chi connectivity index (χ4v) is 3.00. The average Bonchev–Trinajstić information content (AvgIpc) is 3.10. The minimum absolute atomic E-state index is 0.308. The van der Waals surface area contributed by atoms with E-state index in [0.717, 1.165) is 29.7 Å². The monoisotopic (exact) mass is 297 g/mol. The van der Waals surface area contributed by atoms with Gasteiger partial charge in [-0.25, -0.2) is 0 Å². The molecule has 1 unspecified atom stereocenters. The molecule has 0 spiro atoms. The highest BCUT2D eigenvalue weighted by molar-refractivity contribution is 6.38. The van der Waals surface area contributed by atoms with Crippen molar-refractivity contribution >= 4 is 34.2 Å². The highest BCUT2D eigenvalue weighted by atomic mass is 35.5. The first-order valence-corrected chi connectivity index (χ1v) is 7.56. The zero-order chi connectivity index (χ0) is 13.4. The Bertz CT molecular complexity index is 589. The van der Waals surface area contributed by atoms with Crippen molar-refractivity contribution < 1.29 is 4.42 Å². The molecule has 1 saturated carbocycles. The van der Waals surface area contributed by atoms with Crippen LogP contribution in [0.5, 0.6) is 0 Å². The third-order valence-electron chi connectivity index (χ3n) is 3.58. The fourth-order valence-electron chi connectivity index (χ4n) is 2.47. The number of rotatable bonds is 5. The highest BCUT2D eigenvalue weighted by Crippen LogP contribution is 2.43. The number of nitrogens with one attached hydrogen (secondary N) is 1. The van der Waals surface area contributed by atoms with Crippen LogP contribution >= 0.6 is 23.2 Å². The first-order valence-electron chi connectivity index (χ1n) is 6.81. The van der Waals surface area contributed by atoms with Gasteiger partial charge in [0.2, 0.25) is 0 Å². The number of benzene rings is 1. The molecule has 1 aliphatic rings. The van der Waals surface area contributed by atoms with E-state index in [-0.39, 0.29) is 0 Å². The minimum Gasteiger partial charge on any atom is -0.459 e. The lowest BCUT2D eigenvalue weighted by Gasteiger charge is -2.14. The first kappa shape index (κ1) is 13.3. The summed E-state index contributed by atoms with van der Waals surface area (Å²) in [5.41, 5.74) is 0.774. The van der Waals surface area contributed by atoms with E-state index in [0.29, 0.717) is 22.0 Å². The lowest BCUT2D eigenvalue weighted by Crippen LogP contribution is -2.23. The van der Waals surface area contributed by atoms with Crippen molar-refractivity contribution in [3.05, 3.63) is 34.0 Å². The lowest BCUT2D eigenvalue weighted by molar-refractivity contribution is 0.397. The van der Waals surface area contributed by atoms with Crippen LogP contribution in [0.3, 0.4) is 0 Å². The van der Waals surface area contributed by atoms with Crippen LogP contribution < -0.4 is 5.32 Å². The molecule has 3 rings (SSSR count). The minimum atomic E-state index is 0.308. The number of hydrogen-bond acceptors (Lipinski definition) is 2. The Labute approximate surface area is 123 Å². The van der Waals surface area contributed by atoms with Crippen LogP contribution in [0, 0.1) is 5.92 Å². The summed E-state index contributed by atoms with van der Waals surface area (Å²) in [7, 11) is 0. The van der Waals surface area contributed by atoms with Gasteiger partial charge in [-0.1, -0.05) is 30.1 Å². The molecular weight excluding hydrogens is 281 g/mol. The van der Waals surface area contributed by atoms with Gasteiger partial charge in [0.1, 0.15) is 11.3 Å². The van der Waals surface area contributed by atoms with Crippen molar-refractivity contribution in [3.63, 3.8) is 0 Å². The summed E-state index contributed by atoms with van der Waals surface area (Å²) in [6.45, 7) is 3.18. The molecule has 2 aromatic rings. The van der Waals surface area contributed by atoms with Crippen molar-refractivity contribution in [2.45, 2.75) is 32.2 Å². The van der Waals surface area contributed by atoms with Crippen molar-refractivity contribution in [2.24, 2.45) is 5.92 Å². The molecule has 2 nitrogen and oxygen atoms in total. The summed E-state index contributed by atoms with van der Waals surface area (Å²) in [5.74, 6) is 1.68. The average molecular weight is 298 g/mol. The molecule has 1 N–H and O–H groups in total. The molecule has 0 aliphatic heterocycles. The summed E-state index contributed by atoms with van der Waals surface area (Å²) in [6, 6.07) is 5.95. The molecule has 1 aromatic heterocycles. The van der Waals surface area contributed by atoms with E-state index in [9.17, 15) is 0 Å². The van der Waals surface area contributed by atoms with E-state index in [1.807, 2.05) is 6.07 Å². The lowest BCUT2D eigenvalue weighted by atomic mass is 10.1. The molecule has 19 heavy (non-hydrogen) atoms. The fraction of sp³-hybridized carbons (Fsp3) is 0.467. The SMILES string of the molecule is CCCNC(c1cc2c(Cl)cc(Cl)cc2o1)C1CC1. The number of halogens is 2. The molecule has 0 saturated heterocycles. The quantitative estimate of drug-likeness (QED) is 0.821. The Balaban J connectivity index is 1.96. The maximum absolute atomic E-state index is 6.22. The van der Waals surface area contributed by atoms with Gasteiger partial charge in [0.15, 0.2) is 0 Å². The summed E-state index contributed by atoms with van der Waals surface area (Å²) in [5, 5.41) is 5.79. The van der Waals surface area contributed by atoms with E-state index in [2.05, 4.69) is 18.3 Å². The molecule has 1 atom stereocenters. The molecule has 0 bridgehead atoms. The van der Waals surface area contributed by atoms with E-state index < -0.39 is 0 Å². The zero-order valence-electron chi connectivity index (χ0n) is 10.9. The van der Waals surface area contributed by atoms with Crippen LogP contribution in [0.1, 0.15) is 38.0 Å². The van der Waals surface area contributed by atoms with Gasteiger partial charge in [-0.3, -0.25) is 0 Å². The number of fused-ring (bicyclic) bond motifs is 1. The number of hydrogen-bond donors (Lipinski definition) is 1. The Morgan fingerprint density at radius 3 is 2.79 bits per heavy atom. The van der Waals surface area contributed by atoms with Gasteiger partial charge in [0.25, 0.3) is 0 Å². The molecule has 102 valence electrons. The second-order valence-corrected chi connectivity index (χ2v) is 6.06. The second-order valence-electron chi connectivity index (χ2n) is 5.22. The third-order valence-corrected chi connectivity index (χ3v) is 4.12. The van der Waals surface area contributed by atoms with Crippen molar-refractivity contribution in [1.29, 1.82) is 0 Å². The van der Waals surface area contributed by atoms with Gasteiger partial charge in [-0.05, 0) is 43.9 Å². The van der Waals surface area contributed by atoms with Gasteiger partial charge < -0.3 is 9.73 Å². The summed E-state index contributed by atoms with van der Waals surface area (Å²) in [4.78, 5) is 0. The van der Waals surface area contributed by atoms with Crippen LogP contribution in [0.15, 0.2) is 22.6 Å². The van der Waals surface area contributed by atoms with Gasteiger partial charge in [0, 0.05) is 16.5 Å². The first-order chi connectivity index (χ1) is 9.19. The van der Waals surface area contributed by atoms with E-state index >= 15 is 0 Å². The normalized spacial score (nSPS) is 17.0. The Morgan fingerprint density at radius 1 is 1.32 bits per heavy atom. The van der Waals surface area contributed by atoms with Gasteiger partial charge >= 0.3 is 0 Å². The zero-order valence-corrected chi connectivity index (χ0v) is 12.4. The maximum atomic E-state index is 6.22. The summed E-state index contributed by atoms with van der Waals surface area (Å²) < 4.78 is 5.96. The molecule has 4 heteroatoms. The molecule has 0 amide bonds. The Hall–Kier alpha value is -0.700. The van der Waals surface area contributed by atoms with Crippen molar-refractivity contribution in [3.8, 4) is 0 Å². The van der Waals surface area contributed by atoms with Crippen molar-refractivity contribution in [2.75, 3.05) is 6.54 Å². The molecule has 1 aliphatic carbocycles. The largest absolute Gasteiger partial charge is 0.459 e. The smallest absolute Gasteiger partial charge is 0.137 e. The van der Waals surface area contributed by atoms with Crippen LogP contribution in [0.4, 0.5) is 0 Å². The van der Waals surface area contributed by atoms with Crippen LogP contribution in [-0.2, 0) is 0 Å². The van der Waals surface area contributed by atoms with Crippen LogP contribution in [0.2, 0.25) is 10.0 Å². The highest BCUT2D eigenvalue weighted by Gasteiger charge is 2.34. The molecular formula is C15H17Cl2NO. The standard InChI is InChI=1S/C15H17Cl2NO/c1-2-5-18-15(9-3-4-9)14-8-11-12(17)6-10(16)7-13(11)19-14/h6-9,15,18H,2-5H2,1H3. The third kappa shape index (κ3) is 2.76. The summed E-state index contributed by atoms with van der Waals surface area (Å²) in [6.07, 6.45) is 3.66. The topological polar surface area (TPSA) is 25.2 Å². The van der Waals surface area contributed by atoms with Gasteiger partial charge in [-0.2, -0.15) is 0 Å². The predicted molar refractivity (Wildman–Crippen MR) is 80.0 cm³/mol. The molecule has 1 heterocycles. The van der Waals surface area contributed by atoms with Crippen LogP contribution in [0.25, 0.3) is 11.0 Å². The second kappa shape index (κ2) is 5.35. The van der Waals surface area contributed by atoms with Gasteiger partial charge in [-0.15, -0.1) is 0 Å². The summed E-state index contributed by atoms with van der Waals surface area (Å²) >= 11 is 12.2. The number of furan rings is 1. The van der Waals surface area contributed by atoms with E-state index in [1.54, 1.807) is 6.07 Å². The molecule has 0 radical (unpaired) electrons. The van der Waals surface area contributed by atoms with Crippen LogP contribution in [-0.4, -0.2) is 6.54 Å². The van der Waals surface area contributed by atoms with Gasteiger partial charge in [0.05, 0.1) is 11.1 Å². The van der Waals surface area contributed by atoms with E-state index in [4.69, 9.17) is 27.6 Å². The maximum Gasteiger partial charge on any atom is 0.137 e. The molecule has 1 aromatic carbocycles.